The molecule has 2 rings (SSSR count). The topological polar surface area (TPSA) is 48.3 Å². The molecule has 5 nitrogen and oxygen atoms in total. The highest BCUT2D eigenvalue weighted by molar-refractivity contribution is 5.14. The van der Waals surface area contributed by atoms with Crippen LogP contribution in [0.5, 0.6) is 0 Å². The summed E-state index contributed by atoms with van der Waals surface area (Å²) in [6.07, 6.45) is 4.77. The molecule has 0 aromatic carbocycles. The Balaban J connectivity index is 2.28. The molecule has 5 heteroatoms. The number of aromatic nitrogens is 2. The fraction of sp³-hybridized carbons (Fsp3) is 0.786. The molecule has 0 bridgehead atoms. The van der Waals surface area contributed by atoms with E-state index in [9.17, 15) is 0 Å². The van der Waals surface area contributed by atoms with E-state index in [-0.39, 0.29) is 11.6 Å². The van der Waals surface area contributed by atoms with E-state index in [2.05, 4.69) is 28.1 Å². The second kappa shape index (κ2) is 6.50. The van der Waals surface area contributed by atoms with Gasteiger partial charge in [0.1, 0.15) is 0 Å². The highest BCUT2D eigenvalue weighted by Gasteiger charge is 2.42. The van der Waals surface area contributed by atoms with Gasteiger partial charge in [-0.25, -0.2) is 0 Å². The quantitative estimate of drug-likeness (QED) is 0.853. The number of methoxy groups -OCH3 is 1. The monoisotopic (exact) mass is 267 g/mol. The normalized spacial score (nSPS) is 20.4. The van der Waals surface area contributed by atoms with E-state index in [1.54, 1.807) is 7.11 Å². The average molecular weight is 267 g/mol. The minimum absolute atomic E-state index is 0.149. The molecule has 1 aromatic rings. The van der Waals surface area contributed by atoms with Crippen LogP contribution in [0.3, 0.4) is 0 Å². The largest absolute Gasteiger partial charge is 0.381 e. The average Bonchev–Trinajstić information content (AvgIpc) is 2.89. The van der Waals surface area contributed by atoms with E-state index in [1.807, 2.05) is 13.2 Å². The Morgan fingerprint density at radius 1 is 1.53 bits per heavy atom. The summed E-state index contributed by atoms with van der Waals surface area (Å²) in [6.45, 7) is 4.62. The lowest BCUT2D eigenvalue weighted by molar-refractivity contribution is -0.111. The third kappa shape index (κ3) is 2.83. The van der Waals surface area contributed by atoms with E-state index in [1.165, 1.54) is 5.69 Å². The molecule has 19 heavy (non-hydrogen) atoms. The summed E-state index contributed by atoms with van der Waals surface area (Å²) >= 11 is 0. The molecule has 1 aromatic heterocycles. The molecule has 0 aliphatic carbocycles. The molecule has 108 valence electrons. The number of hydrogen-bond donors (Lipinski definition) is 1. The van der Waals surface area contributed by atoms with Crippen LogP contribution < -0.4 is 5.32 Å². The van der Waals surface area contributed by atoms with Crippen LogP contribution in [0.4, 0.5) is 0 Å². The van der Waals surface area contributed by atoms with Crippen LogP contribution >= 0.6 is 0 Å². The highest BCUT2D eigenvalue weighted by Crippen LogP contribution is 2.37. The summed E-state index contributed by atoms with van der Waals surface area (Å²) in [7, 11) is 3.79. The number of nitrogens with zero attached hydrogens (tertiary/aromatic N) is 2. The van der Waals surface area contributed by atoms with Gasteiger partial charge in [0, 0.05) is 45.9 Å². The van der Waals surface area contributed by atoms with Crippen molar-refractivity contribution in [3.8, 4) is 0 Å². The van der Waals surface area contributed by atoms with Crippen molar-refractivity contribution in [1.29, 1.82) is 0 Å². The molecule has 1 atom stereocenters. The summed E-state index contributed by atoms with van der Waals surface area (Å²) < 4.78 is 13.5. The minimum Gasteiger partial charge on any atom is -0.381 e. The van der Waals surface area contributed by atoms with Crippen molar-refractivity contribution in [3.63, 3.8) is 0 Å². The van der Waals surface area contributed by atoms with Crippen LogP contribution in [0.15, 0.2) is 12.3 Å². The molecular formula is C14H25N3O2. The van der Waals surface area contributed by atoms with Crippen molar-refractivity contribution < 1.29 is 9.47 Å². The third-order valence-corrected chi connectivity index (χ3v) is 4.04. The summed E-state index contributed by atoms with van der Waals surface area (Å²) in [5.41, 5.74) is 1.01. The van der Waals surface area contributed by atoms with Gasteiger partial charge in [-0.1, -0.05) is 6.92 Å². The summed E-state index contributed by atoms with van der Waals surface area (Å²) in [6, 6.07) is 2.24. The number of aryl methyl sites for hydroxylation is 1. The van der Waals surface area contributed by atoms with Crippen molar-refractivity contribution in [1.82, 2.24) is 15.1 Å². The predicted octanol–water partition coefficient (Wildman–Crippen LogP) is 1.75. The van der Waals surface area contributed by atoms with Crippen LogP contribution in [0.25, 0.3) is 0 Å². The minimum atomic E-state index is -0.196. The first kappa shape index (κ1) is 14.5. The molecular weight excluding hydrogens is 242 g/mol. The van der Waals surface area contributed by atoms with Crippen molar-refractivity contribution in [2.45, 2.75) is 44.4 Å². The van der Waals surface area contributed by atoms with Crippen LogP contribution in [0.2, 0.25) is 0 Å². The third-order valence-electron chi connectivity index (χ3n) is 4.04. The van der Waals surface area contributed by atoms with Gasteiger partial charge in [0.15, 0.2) is 0 Å². The Labute approximate surface area is 115 Å². The number of ether oxygens (including phenoxy) is 2. The van der Waals surface area contributed by atoms with Gasteiger partial charge in [0.05, 0.1) is 17.3 Å². The second-order valence-electron chi connectivity index (χ2n) is 5.08. The molecule has 1 saturated heterocycles. The first-order chi connectivity index (χ1) is 9.27. The SMILES string of the molecule is CCCn1nccc1C(NC)C1(OC)CCOCC1. The summed E-state index contributed by atoms with van der Waals surface area (Å²) in [5, 5.41) is 7.85. The van der Waals surface area contributed by atoms with Crippen LogP contribution in [-0.4, -0.2) is 42.8 Å². The molecule has 1 N–H and O–H groups in total. The van der Waals surface area contributed by atoms with Gasteiger partial charge in [-0.3, -0.25) is 4.68 Å². The van der Waals surface area contributed by atoms with Crippen LogP contribution in [0, 0.1) is 0 Å². The number of nitrogens with one attached hydrogen (secondary N) is 1. The van der Waals surface area contributed by atoms with Crippen molar-refractivity contribution in [2.75, 3.05) is 27.4 Å². The van der Waals surface area contributed by atoms with Gasteiger partial charge in [-0.05, 0) is 19.5 Å². The van der Waals surface area contributed by atoms with Crippen LogP contribution in [-0.2, 0) is 16.0 Å². The fourth-order valence-corrected chi connectivity index (χ4v) is 2.99. The summed E-state index contributed by atoms with van der Waals surface area (Å²) in [5.74, 6) is 0. The maximum absolute atomic E-state index is 5.91. The van der Waals surface area contributed by atoms with Gasteiger partial charge in [-0.2, -0.15) is 5.10 Å². The Morgan fingerprint density at radius 3 is 2.84 bits per heavy atom. The molecule has 0 saturated carbocycles. The lowest BCUT2D eigenvalue weighted by atomic mass is 9.84. The van der Waals surface area contributed by atoms with E-state index < -0.39 is 0 Å². The first-order valence-electron chi connectivity index (χ1n) is 7.09. The zero-order valence-electron chi connectivity index (χ0n) is 12.2. The Bertz CT molecular complexity index is 386. The maximum atomic E-state index is 5.91. The van der Waals surface area contributed by atoms with E-state index >= 15 is 0 Å². The van der Waals surface area contributed by atoms with Gasteiger partial charge >= 0.3 is 0 Å². The lowest BCUT2D eigenvalue weighted by Gasteiger charge is -2.42. The molecule has 2 heterocycles. The first-order valence-corrected chi connectivity index (χ1v) is 7.09. The molecule has 0 radical (unpaired) electrons. The molecule has 1 aliphatic rings. The lowest BCUT2D eigenvalue weighted by Crippen LogP contribution is -2.49. The Kier molecular flexibility index (Phi) is 4.96. The smallest absolute Gasteiger partial charge is 0.0931 e. The van der Waals surface area contributed by atoms with E-state index in [0.29, 0.717) is 0 Å². The zero-order valence-corrected chi connectivity index (χ0v) is 12.2. The van der Waals surface area contributed by atoms with Crippen LogP contribution in [0.1, 0.15) is 37.9 Å². The van der Waals surface area contributed by atoms with E-state index in [0.717, 1.165) is 39.0 Å². The van der Waals surface area contributed by atoms with Crippen molar-refractivity contribution in [3.05, 3.63) is 18.0 Å². The van der Waals surface area contributed by atoms with Crippen molar-refractivity contribution >= 4 is 0 Å². The van der Waals surface area contributed by atoms with Gasteiger partial charge in [-0.15, -0.1) is 0 Å². The molecule has 1 unspecified atom stereocenters. The molecule has 0 amide bonds. The van der Waals surface area contributed by atoms with Gasteiger partial charge in [0.2, 0.25) is 0 Å². The number of hydrogen-bond acceptors (Lipinski definition) is 4. The highest BCUT2D eigenvalue weighted by atomic mass is 16.5. The van der Waals surface area contributed by atoms with Crippen molar-refractivity contribution in [2.24, 2.45) is 0 Å². The Hall–Kier alpha value is -0.910. The fourth-order valence-electron chi connectivity index (χ4n) is 2.99. The van der Waals surface area contributed by atoms with Gasteiger partial charge in [0.25, 0.3) is 0 Å². The zero-order chi connectivity index (χ0) is 13.7. The summed E-state index contributed by atoms with van der Waals surface area (Å²) in [4.78, 5) is 0. The standard InChI is InChI=1S/C14H25N3O2/c1-4-9-17-12(5-8-16-17)13(15-2)14(18-3)6-10-19-11-7-14/h5,8,13,15H,4,6-7,9-11H2,1-3H3. The van der Waals surface area contributed by atoms with E-state index in [4.69, 9.17) is 9.47 Å². The number of likely N-dealkylation sites (N-methyl/N-ethyl adjacent to an activating group) is 1. The Morgan fingerprint density at radius 2 is 2.26 bits per heavy atom. The number of rotatable bonds is 6. The molecule has 1 fully saturated rings. The maximum Gasteiger partial charge on any atom is 0.0931 e. The second-order valence-corrected chi connectivity index (χ2v) is 5.08. The van der Waals surface area contributed by atoms with Gasteiger partial charge < -0.3 is 14.8 Å². The molecule has 0 spiro atoms. The predicted molar refractivity (Wildman–Crippen MR) is 74.1 cm³/mol. The molecule has 1 aliphatic heterocycles.